The average molecular weight is 279 g/mol. The molecule has 20 heavy (non-hydrogen) atoms. The summed E-state index contributed by atoms with van der Waals surface area (Å²) in [5, 5.41) is 0. The molecule has 0 radical (unpaired) electrons. The highest BCUT2D eigenvalue weighted by atomic mass is 14.5. The van der Waals surface area contributed by atoms with Gasteiger partial charge in [0.15, 0.2) is 0 Å². The molecule has 118 valence electrons. The molecule has 2 rings (SSSR count). The van der Waals surface area contributed by atoms with Gasteiger partial charge in [-0.2, -0.15) is 0 Å². The van der Waals surface area contributed by atoms with Crippen LogP contribution in [0.4, 0.5) is 0 Å². The molecule has 0 heterocycles. The summed E-state index contributed by atoms with van der Waals surface area (Å²) >= 11 is 0. The van der Waals surface area contributed by atoms with Gasteiger partial charge in [-0.05, 0) is 42.9 Å². The first kappa shape index (κ1) is 16.4. The minimum absolute atomic E-state index is 0.756. The fourth-order valence-corrected chi connectivity index (χ4v) is 5.48. The van der Waals surface area contributed by atoms with Crippen LogP contribution in [0.25, 0.3) is 0 Å². The van der Waals surface area contributed by atoms with Crippen LogP contribution in [0.1, 0.15) is 110 Å². The van der Waals surface area contributed by atoms with E-state index in [9.17, 15) is 0 Å². The van der Waals surface area contributed by atoms with Crippen LogP contribution in [0.3, 0.4) is 0 Å². The van der Waals surface area contributed by atoms with Crippen molar-refractivity contribution in [2.24, 2.45) is 17.3 Å². The molecule has 0 N–H and O–H groups in total. The van der Waals surface area contributed by atoms with E-state index in [1.54, 1.807) is 32.1 Å². The van der Waals surface area contributed by atoms with Crippen molar-refractivity contribution >= 4 is 0 Å². The summed E-state index contributed by atoms with van der Waals surface area (Å²) in [5.41, 5.74) is 0.756. The first-order valence-corrected chi connectivity index (χ1v) is 9.82. The van der Waals surface area contributed by atoms with E-state index >= 15 is 0 Å². The van der Waals surface area contributed by atoms with Gasteiger partial charge in [0.1, 0.15) is 0 Å². The number of hydrogen-bond acceptors (Lipinski definition) is 0. The Balaban J connectivity index is 2.11. The van der Waals surface area contributed by atoms with E-state index in [1.807, 2.05) is 0 Å². The standard InChI is InChI=1S/C20H38/c1-3-5-15-20(16-10-7-11-17-20)19(12-4-2)18-13-8-6-9-14-18/h18-19H,3-17H2,1-2H3. The van der Waals surface area contributed by atoms with E-state index < -0.39 is 0 Å². The predicted octanol–water partition coefficient (Wildman–Crippen LogP) is 7.12. The second-order valence-corrected chi connectivity index (χ2v) is 7.82. The second-order valence-electron chi connectivity index (χ2n) is 7.82. The molecule has 0 aliphatic heterocycles. The van der Waals surface area contributed by atoms with Crippen molar-refractivity contribution in [3.05, 3.63) is 0 Å². The lowest BCUT2D eigenvalue weighted by Gasteiger charge is -2.48. The fraction of sp³-hybridized carbons (Fsp3) is 1.00. The Hall–Kier alpha value is 0. The number of unbranched alkanes of at least 4 members (excludes halogenated alkanes) is 1. The highest BCUT2D eigenvalue weighted by Gasteiger charge is 2.42. The van der Waals surface area contributed by atoms with E-state index in [2.05, 4.69) is 13.8 Å². The minimum Gasteiger partial charge on any atom is -0.0654 e. The third-order valence-electron chi connectivity index (χ3n) is 6.48. The van der Waals surface area contributed by atoms with Crippen LogP contribution < -0.4 is 0 Å². The molecule has 1 unspecified atom stereocenters. The molecule has 0 aromatic carbocycles. The summed E-state index contributed by atoms with van der Waals surface area (Å²) in [5.74, 6) is 2.15. The molecule has 0 saturated heterocycles. The second kappa shape index (κ2) is 8.44. The maximum Gasteiger partial charge on any atom is -0.0267 e. The summed E-state index contributed by atoms with van der Waals surface area (Å²) in [6, 6.07) is 0. The SMILES string of the molecule is CCCCC1(C(CCC)C2CCCCC2)CCCCC1. The smallest absolute Gasteiger partial charge is 0.0267 e. The summed E-state index contributed by atoms with van der Waals surface area (Å²) in [6.45, 7) is 4.80. The largest absolute Gasteiger partial charge is 0.0654 e. The average Bonchev–Trinajstić information content (AvgIpc) is 2.52. The maximum absolute atomic E-state index is 2.42. The van der Waals surface area contributed by atoms with Crippen molar-refractivity contribution < 1.29 is 0 Å². The number of rotatable bonds is 7. The lowest BCUT2D eigenvalue weighted by Crippen LogP contribution is -2.38. The number of hydrogen-bond donors (Lipinski definition) is 0. The van der Waals surface area contributed by atoms with Gasteiger partial charge >= 0.3 is 0 Å². The molecule has 0 heteroatoms. The van der Waals surface area contributed by atoms with Crippen LogP contribution in [0.5, 0.6) is 0 Å². The van der Waals surface area contributed by atoms with E-state index in [-0.39, 0.29) is 0 Å². The third-order valence-corrected chi connectivity index (χ3v) is 6.48. The summed E-state index contributed by atoms with van der Waals surface area (Å²) in [7, 11) is 0. The maximum atomic E-state index is 2.42. The van der Waals surface area contributed by atoms with Crippen molar-refractivity contribution in [2.75, 3.05) is 0 Å². The normalized spacial score (nSPS) is 25.5. The van der Waals surface area contributed by atoms with Crippen LogP contribution in [-0.2, 0) is 0 Å². The monoisotopic (exact) mass is 278 g/mol. The highest BCUT2D eigenvalue weighted by molar-refractivity contribution is 4.92. The van der Waals surface area contributed by atoms with Gasteiger partial charge in [0.05, 0.1) is 0 Å². The molecule has 0 spiro atoms. The Morgan fingerprint density at radius 3 is 2.10 bits per heavy atom. The minimum atomic E-state index is 0.756. The van der Waals surface area contributed by atoms with Crippen molar-refractivity contribution in [3.8, 4) is 0 Å². The van der Waals surface area contributed by atoms with Crippen LogP contribution in [0.2, 0.25) is 0 Å². The van der Waals surface area contributed by atoms with E-state index in [0.29, 0.717) is 0 Å². The third kappa shape index (κ3) is 4.01. The molecular formula is C20H38. The summed E-state index contributed by atoms with van der Waals surface area (Å²) < 4.78 is 0. The highest BCUT2D eigenvalue weighted by Crippen LogP contribution is 2.53. The van der Waals surface area contributed by atoms with Gasteiger partial charge in [-0.15, -0.1) is 0 Å². The first-order chi connectivity index (χ1) is 9.82. The lowest BCUT2D eigenvalue weighted by atomic mass is 9.57. The fourth-order valence-electron chi connectivity index (χ4n) is 5.48. The molecule has 0 bridgehead atoms. The Morgan fingerprint density at radius 2 is 1.50 bits per heavy atom. The van der Waals surface area contributed by atoms with E-state index in [0.717, 1.165) is 17.3 Å². The van der Waals surface area contributed by atoms with Crippen molar-refractivity contribution in [1.82, 2.24) is 0 Å². The molecule has 0 aromatic rings. The zero-order valence-electron chi connectivity index (χ0n) is 14.3. The molecule has 2 fully saturated rings. The zero-order valence-corrected chi connectivity index (χ0v) is 14.3. The van der Waals surface area contributed by atoms with Crippen LogP contribution in [-0.4, -0.2) is 0 Å². The lowest BCUT2D eigenvalue weighted by molar-refractivity contribution is 0.0208. The van der Waals surface area contributed by atoms with Gasteiger partial charge in [-0.1, -0.05) is 84.5 Å². The van der Waals surface area contributed by atoms with E-state index in [1.165, 1.54) is 64.2 Å². The predicted molar refractivity (Wildman–Crippen MR) is 90.0 cm³/mol. The Labute approximate surface area is 128 Å². The van der Waals surface area contributed by atoms with Crippen molar-refractivity contribution in [2.45, 2.75) is 110 Å². The topological polar surface area (TPSA) is 0 Å². The van der Waals surface area contributed by atoms with Crippen molar-refractivity contribution in [1.29, 1.82) is 0 Å². The molecule has 0 aromatic heterocycles. The van der Waals surface area contributed by atoms with Gasteiger partial charge in [0.25, 0.3) is 0 Å². The van der Waals surface area contributed by atoms with E-state index in [4.69, 9.17) is 0 Å². The van der Waals surface area contributed by atoms with Gasteiger partial charge in [0.2, 0.25) is 0 Å². The van der Waals surface area contributed by atoms with Crippen molar-refractivity contribution in [3.63, 3.8) is 0 Å². The zero-order chi connectivity index (χ0) is 14.3. The Bertz CT molecular complexity index is 243. The van der Waals surface area contributed by atoms with Gasteiger partial charge in [0, 0.05) is 0 Å². The van der Waals surface area contributed by atoms with Gasteiger partial charge in [-0.25, -0.2) is 0 Å². The summed E-state index contributed by atoms with van der Waals surface area (Å²) in [6.07, 6.45) is 22.7. The Kier molecular flexibility index (Phi) is 6.91. The van der Waals surface area contributed by atoms with Crippen LogP contribution >= 0.6 is 0 Å². The molecule has 2 aliphatic rings. The van der Waals surface area contributed by atoms with Crippen LogP contribution in [0.15, 0.2) is 0 Å². The Morgan fingerprint density at radius 1 is 0.850 bits per heavy atom. The summed E-state index contributed by atoms with van der Waals surface area (Å²) in [4.78, 5) is 0. The molecule has 1 atom stereocenters. The molecule has 2 saturated carbocycles. The van der Waals surface area contributed by atoms with Crippen LogP contribution in [0, 0.1) is 17.3 Å². The molecular weight excluding hydrogens is 240 g/mol. The van der Waals surface area contributed by atoms with Gasteiger partial charge in [-0.3, -0.25) is 0 Å². The molecule has 0 nitrogen and oxygen atoms in total. The quantitative estimate of drug-likeness (QED) is 0.465. The molecule has 2 aliphatic carbocycles. The molecule has 0 amide bonds. The first-order valence-electron chi connectivity index (χ1n) is 9.82. The van der Waals surface area contributed by atoms with Gasteiger partial charge < -0.3 is 0 Å².